The number of rotatable bonds is 5. The van der Waals surface area contributed by atoms with Crippen molar-refractivity contribution in [1.29, 1.82) is 0 Å². The molecule has 4 rings (SSSR count). The van der Waals surface area contributed by atoms with Crippen molar-refractivity contribution < 1.29 is 14.3 Å². The van der Waals surface area contributed by atoms with E-state index in [1.54, 1.807) is 11.2 Å². The van der Waals surface area contributed by atoms with Crippen molar-refractivity contribution in [3.05, 3.63) is 54.9 Å². The average Bonchev–Trinajstić information content (AvgIpc) is 3.17. The Kier molecular flexibility index (Phi) is 5.34. The lowest BCUT2D eigenvalue weighted by Gasteiger charge is -2.26. The molecule has 7 nitrogen and oxygen atoms in total. The van der Waals surface area contributed by atoms with Gasteiger partial charge in [-0.1, -0.05) is 12.1 Å². The van der Waals surface area contributed by atoms with E-state index in [0.29, 0.717) is 32.0 Å². The van der Waals surface area contributed by atoms with Crippen LogP contribution in [0.25, 0.3) is 16.7 Å². The molecule has 2 amide bonds. The van der Waals surface area contributed by atoms with Crippen LogP contribution in [0.15, 0.2) is 54.9 Å². The van der Waals surface area contributed by atoms with Crippen molar-refractivity contribution in [1.82, 2.24) is 14.5 Å². The first-order valence-corrected chi connectivity index (χ1v) is 9.38. The fraction of sp³-hybridized carbons (Fsp3) is 0.286. The molecule has 2 aromatic carbocycles. The Bertz CT molecular complexity index is 975. The van der Waals surface area contributed by atoms with Gasteiger partial charge < -0.3 is 15.0 Å². The van der Waals surface area contributed by atoms with Crippen molar-refractivity contribution in [2.75, 3.05) is 31.6 Å². The van der Waals surface area contributed by atoms with Crippen LogP contribution >= 0.6 is 0 Å². The summed E-state index contributed by atoms with van der Waals surface area (Å²) in [7, 11) is 0. The first-order valence-electron chi connectivity index (χ1n) is 9.38. The van der Waals surface area contributed by atoms with Crippen LogP contribution in [0.4, 0.5) is 5.69 Å². The molecule has 7 heteroatoms. The van der Waals surface area contributed by atoms with Crippen LogP contribution in [0.5, 0.6) is 0 Å². The fourth-order valence-corrected chi connectivity index (χ4v) is 3.29. The predicted octanol–water partition coefficient (Wildman–Crippen LogP) is 2.60. The number of benzene rings is 2. The summed E-state index contributed by atoms with van der Waals surface area (Å²) in [5.74, 6) is -0.164. The Labute approximate surface area is 162 Å². The van der Waals surface area contributed by atoms with Crippen LogP contribution in [0.1, 0.15) is 12.8 Å². The predicted molar refractivity (Wildman–Crippen MR) is 106 cm³/mol. The van der Waals surface area contributed by atoms with Gasteiger partial charge in [-0.05, 0) is 36.4 Å². The number of ether oxygens (including phenoxy) is 1. The summed E-state index contributed by atoms with van der Waals surface area (Å²) in [6.45, 7) is 2.34. The van der Waals surface area contributed by atoms with Crippen LogP contribution in [-0.2, 0) is 14.3 Å². The molecule has 1 aromatic heterocycles. The fourth-order valence-electron chi connectivity index (χ4n) is 3.29. The zero-order valence-electron chi connectivity index (χ0n) is 15.5. The summed E-state index contributed by atoms with van der Waals surface area (Å²) in [5.41, 5.74) is 3.64. The third kappa shape index (κ3) is 4.04. The van der Waals surface area contributed by atoms with Gasteiger partial charge in [0.05, 0.1) is 24.2 Å². The monoisotopic (exact) mass is 378 g/mol. The Hall–Kier alpha value is -3.19. The number of carbonyl (C=O) groups excluding carboxylic acids is 2. The highest BCUT2D eigenvalue weighted by molar-refractivity contribution is 5.93. The second-order valence-corrected chi connectivity index (χ2v) is 6.69. The highest BCUT2D eigenvalue weighted by Crippen LogP contribution is 2.19. The van der Waals surface area contributed by atoms with Gasteiger partial charge in [0.1, 0.15) is 6.33 Å². The van der Waals surface area contributed by atoms with Gasteiger partial charge in [0.2, 0.25) is 11.8 Å². The number of amides is 2. The lowest BCUT2D eigenvalue weighted by atomic mass is 10.2. The molecule has 2 heterocycles. The van der Waals surface area contributed by atoms with Crippen LogP contribution in [-0.4, -0.2) is 52.6 Å². The van der Waals surface area contributed by atoms with E-state index in [1.165, 1.54) is 0 Å². The molecule has 1 N–H and O–H groups in total. The van der Waals surface area contributed by atoms with Gasteiger partial charge in [-0.15, -0.1) is 0 Å². The van der Waals surface area contributed by atoms with Gasteiger partial charge in [0.25, 0.3) is 0 Å². The number of hydrogen-bond acceptors (Lipinski definition) is 4. The summed E-state index contributed by atoms with van der Waals surface area (Å²) in [6.07, 6.45) is 2.17. The normalized spacial score (nSPS) is 14.2. The van der Waals surface area contributed by atoms with E-state index in [1.807, 2.05) is 53.1 Å². The Balaban J connectivity index is 1.34. The van der Waals surface area contributed by atoms with E-state index in [4.69, 9.17) is 4.74 Å². The summed E-state index contributed by atoms with van der Waals surface area (Å²) in [5, 5.41) is 2.85. The molecule has 1 saturated heterocycles. The van der Waals surface area contributed by atoms with Crippen molar-refractivity contribution in [3.63, 3.8) is 0 Å². The number of carbonyl (C=O) groups is 2. The van der Waals surface area contributed by atoms with E-state index < -0.39 is 0 Å². The maximum absolute atomic E-state index is 12.2. The molecule has 0 radical (unpaired) electrons. The molecule has 1 aliphatic heterocycles. The molecule has 144 valence electrons. The molecule has 3 aromatic rings. The number of nitrogens with zero attached hydrogens (tertiary/aromatic N) is 3. The minimum Gasteiger partial charge on any atom is -0.378 e. The minimum absolute atomic E-state index is 0.000726. The van der Waals surface area contributed by atoms with Gasteiger partial charge in [-0.25, -0.2) is 4.98 Å². The molecular weight excluding hydrogens is 356 g/mol. The number of morpholine rings is 1. The number of nitrogens with one attached hydrogen (secondary N) is 1. The van der Waals surface area contributed by atoms with E-state index in [2.05, 4.69) is 10.3 Å². The first-order chi connectivity index (χ1) is 13.7. The van der Waals surface area contributed by atoms with Gasteiger partial charge in [0.15, 0.2) is 0 Å². The molecule has 0 saturated carbocycles. The summed E-state index contributed by atoms with van der Waals surface area (Å²) in [6, 6.07) is 15.5. The van der Waals surface area contributed by atoms with Gasteiger partial charge >= 0.3 is 0 Å². The third-order valence-corrected chi connectivity index (χ3v) is 4.81. The quantitative estimate of drug-likeness (QED) is 0.740. The Morgan fingerprint density at radius 3 is 2.54 bits per heavy atom. The van der Waals surface area contributed by atoms with Crippen LogP contribution < -0.4 is 5.32 Å². The highest BCUT2D eigenvalue weighted by atomic mass is 16.5. The lowest BCUT2D eigenvalue weighted by molar-refractivity contribution is -0.136. The van der Waals surface area contributed by atoms with E-state index in [-0.39, 0.29) is 24.7 Å². The number of para-hydroxylation sites is 2. The zero-order chi connectivity index (χ0) is 19.3. The number of hydrogen-bond donors (Lipinski definition) is 1. The molecular formula is C21H22N4O3. The Morgan fingerprint density at radius 2 is 1.75 bits per heavy atom. The van der Waals surface area contributed by atoms with Crippen molar-refractivity contribution in [2.24, 2.45) is 0 Å². The summed E-state index contributed by atoms with van der Waals surface area (Å²) >= 11 is 0. The molecule has 28 heavy (non-hydrogen) atoms. The second kappa shape index (κ2) is 8.22. The van der Waals surface area contributed by atoms with E-state index >= 15 is 0 Å². The molecule has 1 aliphatic rings. The van der Waals surface area contributed by atoms with Crippen LogP contribution in [0, 0.1) is 0 Å². The maximum atomic E-state index is 12.2. The zero-order valence-corrected chi connectivity index (χ0v) is 15.5. The minimum atomic E-state index is -0.164. The van der Waals surface area contributed by atoms with Crippen LogP contribution in [0.3, 0.4) is 0 Å². The number of imidazole rings is 1. The van der Waals surface area contributed by atoms with Crippen molar-refractivity contribution in [3.8, 4) is 5.69 Å². The SMILES string of the molecule is O=C(CCC(=O)N1CCOCC1)Nc1ccc(-n2cnc3ccccc32)cc1. The topological polar surface area (TPSA) is 76.5 Å². The standard InChI is InChI=1S/C21H22N4O3/c26-20(9-10-21(27)24-11-13-28-14-12-24)23-16-5-7-17(8-6-16)25-15-22-18-3-1-2-4-19(18)25/h1-8,15H,9-14H2,(H,23,26). The maximum Gasteiger partial charge on any atom is 0.224 e. The van der Waals surface area contributed by atoms with Gasteiger partial charge in [0, 0.05) is 37.3 Å². The molecule has 0 unspecified atom stereocenters. The Morgan fingerprint density at radius 1 is 1.00 bits per heavy atom. The molecule has 0 bridgehead atoms. The first kappa shape index (κ1) is 18.2. The van der Waals surface area contributed by atoms with Crippen molar-refractivity contribution in [2.45, 2.75) is 12.8 Å². The molecule has 0 aliphatic carbocycles. The van der Waals surface area contributed by atoms with Crippen molar-refractivity contribution >= 4 is 28.5 Å². The average molecular weight is 378 g/mol. The molecule has 0 atom stereocenters. The van der Waals surface area contributed by atoms with E-state index in [9.17, 15) is 9.59 Å². The third-order valence-electron chi connectivity index (χ3n) is 4.81. The number of fused-ring (bicyclic) bond motifs is 1. The number of aromatic nitrogens is 2. The van der Waals surface area contributed by atoms with E-state index in [0.717, 1.165) is 16.7 Å². The second-order valence-electron chi connectivity index (χ2n) is 6.69. The van der Waals surface area contributed by atoms with Crippen LogP contribution in [0.2, 0.25) is 0 Å². The lowest BCUT2D eigenvalue weighted by Crippen LogP contribution is -2.40. The summed E-state index contributed by atoms with van der Waals surface area (Å²) < 4.78 is 7.24. The summed E-state index contributed by atoms with van der Waals surface area (Å²) in [4.78, 5) is 30.4. The molecule has 1 fully saturated rings. The molecule has 0 spiro atoms. The number of anilines is 1. The largest absolute Gasteiger partial charge is 0.378 e. The highest BCUT2D eigenvalue weighted by Gasteiger charge is 2.17. The smallest absolute Gasteiger partial charge is 0.224 e. The van der Waals surface area contributed by atoms with Gasteiger partial charge in [-0.3, -0.25) is 14.2 Å². The van der Waals surface area contributed by atoms with Gasteiger partial charge in [-0.2, -0.15) is 0 Å².